The second kappa shape index (κ2) is 9.36. The molecule has 0 amide bonds. The third-order valence-corrected chi connectivity index (χ3v) is 4.13. The summed E-state index contributed by atoms with van der Waals surface area (Å²) in [7, 11) is 0. The SMILES string of the molecule is CC.CC(C)c1cccc2c1OCCO2.Cc1cccc2c1OCC2. The maximum absolute atomic E-state index is 5.59. The van der Waals surface area contributed by atoms with E-state index in [-0.39, 0.29) is 0 Å². The van der Waals surface area contributed by atoms with E-state index in [2.05, 4.69) is 45.0 Å². The lowest BCUT2D eigenvalue weighted by Crippen LogP contribution is -2.16. The Hall–Kier alpha value is -2.16. The van der Waals surface area contributed by atoms with Crippen LogP contribution in [0.4, 0.5) is 0 Å². The van der Waals surface area contributed by atoms with Crippen LogP contribution < -0.4 is 14.2 Å². The summed E-state index contributed by atoms with van der Waals surface area (Å²) in [5.74, 6) is 3.42. The van der Waals surface area contributed by atoms with Crippen LogP contribution in [0.1, 0.15) is 50.3 Å². The molecule has 0 unspecified atom stereocenters. The molecule has 0 saturated carbocycles. The molecule has 0 atom stereocenters. The normalized spacial score (nSPS) is 13.7. The largest absolute Gasteiger partial charge is 0.493 e. The predicted molar refractivity (Wildman–Crippen MR) is 103 cm³/mol. The molecule has 2 aliphatic heterocycles. The van der Waals surface area contributed by atoms with E-state index in [9.17, 15) is 0 Å². The van der Waals surface area contributed by atoms with Crippen LogP contribution in [0.25, 0.3) is 0 Å². The van der Waals surface area contributed by atoms with Gasteiger partial charge in [0.15, 0.2) is 11.5 Å². The van der Waals surface area contributed by atoms with Gasteiger partial charge in [0.1, 0.15) is 19.0 Å². The van der Waals surface area contributed by atoms with E-state index in [0.717, 1.165) is 30.3 Å². The molecule has 0 spiro atoms. The standard InChI is InChI=1S/C11H14O2.C9H10O.C2H6/c1-8(2)9-4-3-5-10-11(9)13-7-6-12-10;1-7-3-2-4-8-5-6-10-9(7)8;1-2/h3-5,8H,6-7H2,1-2H3;2-4H,5-6H2,1H3;1-2H3. The lowest BCUT2D eigenvalue weighted by atomic mass is 10.0. The van der Waals surface area contributed by atoms with Crippen molar-refractivity contribution in [3.8, 4) is 17.2 Å². The van der Waals surface area contributed by atoms with Gasteiger partial charge in [-0.2, -0.15) is 0 Å². The van der Waals surface area contributed by atoms with Crippen molar-refractivity contribution in [2.75, 3.05) is 19.8 Å². The summed E-state index contributed by atoms with van der Waals surface area (Å²) in [4.78, 5) is 0. The maximum atomic E-state index is 5.59. The zero-order valence-corrected chi connectivity index (χ0v) is 16.1. The van der Waals surface area contributed by atoms with Crippen molar-refractivity contribution < 1.29 is 14.2 Å². The van der Waals surface area contributed by atoms with Crippen LogP contribution in [0.5, 0.6) is 17.2 Å². The summed E-state index contributed by atoms with van der Waals surface area (Å²) in [6.07, 6.45) is 1.08. The number of rotatable bonds is 1. The molecule has 0 N–H and O–H groups in total. The predicted octanol–water partition coefficient (Wildman–Crippen LogP) is 5.54. The maximum Gasteiger partial charge on any atom is 0.164 e. The van der Waals surface area contributed by atoms with E-state index in [4.69, 9.17) is 14.2 Å². The zero-order valence-electron chi connectivity index (χ0n) is 16.1. The number of ether oxygens (including phenoxy) is 3. The van der Waals surface area contributed by atoms with Crippen molar-refractivity contribution in [3.05, 3.63) is 53.1 Å². The Kier molecular flexibility index (Phi) is 7.17. The lowest BCUT2D eigenvalue weighted by molar-refractivity contribution is 0.169. The molecular weight excluding hydrogens is 312 g/mol. The van der Waals surface area contributed by atoms with Crippen LogP contribution in [0, 0.1) is 6.92 Å². The third-order valence-electron chi connectivity index (χ3n) is 4.13. The molecule has 136 valence electrons. The van der Waals surface area contributed by atoms with Crippen molar-refractivity contribution >= 4 is 0 Å². The van der Waals surface area contributed by atoms with Gasteiger partial charge in [0, 0.05) is 12.0 Å². The molecule has 0 saturated heterocycles. The number of hydrogen-bond donors (Lipinski definition) is 0. The minimum atomic E-state index is 0.483. The highest BCUT2D eigenvalue weighted by molar-refractivity contribution is 5.48. The number of aryl methyl sites for hydroxylation is 1. The van der Waals surface area contributed by atoms with Crippen LogP contribution in [0.2, 0.25) is 0 Å². The Labute approximate surface area is 151 Å². The van der Waals surface area contributed by atoms with Gasteiger partial charge in [0.2, 0.25) is 0 Å². The van der Waals surface area contributed by atoms with E-state index in [0.29, 0.717) is 19.1 Å². The molecule has 3 nitrogen and oxygen atoms in total. The van der Waals surface area contributed by atoms with Crippen LogP contribution >= 0.6 is 0 Å². The van der Waals surface area contributed by atoms with Crippen molar-refractivity contribution in [2.24, 2.45) is 0 Å². The van der Waals surface area contributed by atoms with Gasteiger partial charge in [-0.15, -0.1) is 0 Å². The smallest absolute Gasteiger partial charge is 0.164 e. The summed E-state index contributed by atoms with van der Waals surface area (Å²) < 4.78 is 16.5. The zero-order chi connectivity index (χ0) is 18.2. The van der Waals surface area contributed by atoms with Crippen LogP contribution in [0.15, 0.2) is 36.4 Å². The van der Waals surface area contributed by atoms with Crippen LogP contribution in [-0.4, -0.2) is 19.8 Å². The number of hydrogen-bond acceptors (Lipinski definition) is 3. The Morgan fingerprint density at radius 1 is 0.800 bits per heavy atom. The highest BCUT2D eigenvalue weighted by Gasteiger charge is 2.16. The molecule has 2 aromatic rings. The van der Waals surface area contributed by atoms with Crippen molar-refractivity contribution in [2.45, 2.75) is 47.0 Å². The highest BCUT2D eigenvalue weighted by atomic mass is 16.6. The molecule has 0 fully saturated rings. The number of para-hydroxylation sites is 2. The summed E-state index contributed by atoms with van der Waals surface area (Å²) in [6.45, 7) is 12.6. The highest BCUT2D eigenvalue weighted by Crippen LogP contribution is 2.37. The van der Waals surface area contributed by atoms with E-state index in [1.54, 1.807) is 0 Å². The summed E-state index contributed by atoms with van der Waals surface area (Å²) in [5, 5.41) is 0. The molecule has 4 rings (SSSR count). The molecular formula is C22H30O3. The molecule has 0 bridgehead atoms. The third kappa shape index (κ3) is 4.68. The second-order valence-corrected chi connectivity index (χ2v) is 6.19. The van der Waals surface area contributed by atoms with Crippen molar-refractivity contribution in [1.82, 2.24) is 0 Å². The van der Waals surface area contributed by atoms with E-state index >= 15 is 0 Å². The topological polar surface area (TPSA) is 27.7 Å². The van der Waals surface area contributed by atoms with Gasteiger partial charge < -0.3 is 14.2 Å². The molecule has 3 heteroatoms. The Balaban J connectivity index is 0.000000168. The Morgan fingerprint density at radius 2 is 1.48 bits per heavy atom. The van der Waals surface area contributed by atoms with Gasteiger partial charge in [0.25, 0.3) is 0 Å². The fourth-order valence-electron chi connectivity index (χ4n) is 2.93. The fraction of sp³-hybridized carbons (Fsp3) is 0.455. The van der Waals surface area contributed by atoms with E-state index in [1.165, 1.54) is 16.7 Å². The average Bonchev–Trinajstić information content (AvgIpc) is 3.14. The number of fused-ring (bicyclic) bond motifs is 2. The quantitative estimate of drug-likeness (QED) is 0.681. The summed E-state index contributed by atoms with van der Waals surface area (Å²) in [6, 6.07) is 12.4. The molecule has 0 aliphatic carbocycles. The first-order valence-electron chi connectivity index (χ1n) is 9.26. The van der Waals surface area contributed by atoms with Gasteiger partial charge in [-0.1, -0.05) is 58.0 Å². The van der Waals surface area contributed by atoms with Gasteiger partial charge in [-0.3, -0.25) is 0 Å². The van der Waals surface area contributed by atoms with Crippen LogP contribution in [-0.2, 0) is 6.42 Å². The summed E-state index contributed by atoms with van der Waals surface area (Å²) >= 11 is 0. The molecule has 2 aliphatic rings. The summed E-state index contributed by atoms with van der Waals surface area (Å²) in [5.41, 5.74) is 3.85. The van der Waals surface area contributed by atoms with Crippen molar-refractivity contribution in [1.29, 1.82) is 0 Å². The van der Waals surface area contributed by atoms with Gasteiger partial charge in [0.05, 0.1) is 6.61 Å². The number of benzene rings is 2. The molecule has 2 aromatic carbocycles. The molecule has 25 heavy (non-hydrogen) atoms. The molecule has 0 radical (unpaired) electrons. The Morgan fingerprint density at radius 3 is 2.20 bits per heavy atom. The van der Waals surface area contributed by atoms with Gasteiger partial charge in [-0.05, 0) is 30.0 Å². The van der Waals surface area contributed by atoms with E-state index < -0.39 is 0 Å². The average molecular weight is 342 g/mol. The first-order chi connectivity index (χ1) is 12.2. The minimum absolute atomic E-state index is 0.483. The van der Waals surface area contributed by atoms with Crippen molar-refractivity contribution in [3.63, 3.8) is 0 Å². The lowest BCUT2D eigenvalue weighted by Gasteiger charge is -2.22. The second-order valence-electron chi connectivity index (χ2n) is 6.19. The first kappa shape index (κ1) is 19.2. The van der Waals surface area contributed by atoms with Gasteiger partial charge >= 0.3 is 0 Å². The minimum Gasteiger partial charge on any atom is -0.493 e. The molecule has 0 aromatic heterocycles. The monoisotopic (exact) mass is 342 g/mol. The molecule has 2 heterocycles. The fourth-order valence-corrected chi connectivity index (χ4v) is 2.93. The Bertz CT molecular complexity index is 677. The van der Waals surface area contributed by atoms with E-state index in [1.807, 2.05) is 26.0 Å². The first-order valence-corrected chi connectivity index (χ1v) is 9.26. The van der Waals surface area contributed by atoms with Gasteiger partial charge in [-0.25, -0.2) is 0 Å². The van der Waals surface area contributed by atoms with Crippen LogP contribution in [0.3, 0.4) is 0 Å².